The highest BCUT2D eigenvalue weighted by atomic mass is 16.7. The second-order valence-electron chi connectivity index (χ2n) is 8.34. The molecule has 0 bridgehead atoms. The van der Waals surface area contributed by atoms with E-state index in [4.69, 9.17) is 20.3 Å². The molecule has 2 N–H and O–H groups in total. The molecule has 1 aliphatic heterocycles. The van der Waals surface area contributed by atoms with E-state index in [-0.39, 0.29) is 16.7 Å². The van der Waals surface area contributed by atoms with E-state index >= 15 is 0 Å². The summed E-state index contributed by atoms with van der Waals surface area (Å²) in [6.07, 6.45) is 3.64. The van der Waals surface area contributed by atoms with Gasteiger partial charge in [-0.3, -0.25) is 9.48 Å². The second kappa shape index (κ2) is 4.82. The third-order valence-corrected chi connectivity index (χ3v) is 6.95. The molecule has 132 valence electrons. The largest absolute Gasteiger partial charge is 0.364 e. The lowest BCUT2D eigenvalue weighted by molar-refractivity contribution is -0.276. The summed E-state index contributed by atoms with van der Waals surface area (Å²) in [7, 11) is 1.81. The molecule has 1 saturated heterocycles. The van der Waals surface area contributed by atoms with Gasteiger partial charge in [0, 0.05) is 29.9 Å². The first-order chi connectivity index (χ1) is 11.2. The SMILES string of the molecule is Cn1nc2c(c1C(N)=O)CC[C@@H]1C2(C)CCC2(OCCO2)C1(C)C. The van der Waals surface area contributed by atoms with Crippen LogP contribution in [0.3, 0.4) is 0 Å². The quantitative estimate of drug-likeness (QED) is 0.851. The van der Waals surface area contributed by atoms with E-state index in [1.54, 1.807) is 4.68 Å². The van der Waals surface area contributed by atoms with Crippen molar-refractivity contribution in [2.75, 3.05) is 13.2 Å². The molecule has 1 unspecified atom stereocenters. The Morgan fingerprint density at radius 3 is 2.54 bits per heavy atom. The van der Waals surface area contributed by atoms with Gasteiger partial charge in [0.15, 0.2) is 5.79 Å². The highest BCUT2D eigenvalue weighted by molar-refractivity contribution is 5.93. The van der Waals surface area contributed by atoms with Crippen molar-refractivity contribution in [2.45, 2.75) is 57.7 Å². The van der Waals surface area contributed by atoms with Crippen LogP contribution in [0, 0.1) is 11.3 Å². The topological polar surface area (TPSA) is 79.4 Å². The molecule has 1 saturated carbocycles. The average molecular weight is 333 g/mol. The second-order valence-corrected chi connectivity index (χ2v) is 8.34. The van der Waals surface area contributed by atoms with Gasteiger partial charge in [-0.2, -0.15) is 5.10 Å². The molecule has 4 rings (SSSR count). The van der Waals surface area contributed by atoms with E-state index in [0.29, 0.717) is 24.8 Å². The number of carbonyl (C=O) groups excluding carboxylic acids is 1. The van der Waals surface area contributed by atoms with Crippen molar-refractivity contribution >= 4 is 5.91 Å². The van der Waals surface area contributed by atoms with E-state index in [9.17, 15) is 4.79 Å². The Balaban J connectivity index is 1.82. The predicted molar refractivity (Wildman–Crippen MR) is 88.5 cm³/mol. The van der Waals surface area contributed by atoms with Crippen LogP contribution in [-0.2, 0) is 28.4 Å². The molecule has 0 radical (unpaired) electrons. The predicted octanol–water partition coefficient (Wildman–Crippen LogP) is 1.90. The summed E-state index contributed by atoms with van der Waals surface area (Å²) in [6.45, 7) is 8.17. The molecule has 0 aromatic carbocycles. The zero-order valence-electron chi connectivity index (χ0n) is 15.0. The van der Waals surface area contributed by atoms with Crippen LogP contribution in [0.2, 0.25) is 0 Å². The lowest BCUT2D eigenvalue weighted by atomic mass is 9.49. The molecular weight excluding hydrogens is 306 g/mol. The number of aryl methyl sites for hydroxylation is 1. The zero-order chi connectivity index (χ0) is 17.3. The van der Waals surface area contributed by atoms with Gasteiger partial charge in [0.25, 0.3) is 5.91 Å². The summed E-state index contributed by atoms with van der Waals surface area (Å²) < 4.78 is 13.9. The van der Waals surface area contributed by atoms with Crippen LogP contribution >= 0.6 is 0 Å². The van der Waals surface area contributed by atoms with Gasteiger partial charge in [0.1, 0.15) is 5.69 Å². The number of amides is 1. The van der Waals surface area contributed by atoms with Gasteiger partial charge in [0.05, 0.1) is 18.9 Å². The van der Waals surface area contributed by atoms with Gasteiger partial charge in [0.2, 0.25) is 0 Å². The molecule has 2 atom stereocenters. The van der Waals surface area contributed by atoms with E-state index in [1.165, 1.54) is 0 Å². The van der Waals surface area contributed by atoms with Crippen molar-refractivity contribution in [3.8, 4) is 0 Å². The number of fused-ring (bicyclic) bond motifs is 3. The Kier molecular flexibility index (Phi) is 3.23. The van der Waals surface area contributed by atoms with Crippen molar-refractivity contribution in [1.29, 1.82) is 0 Å². The minimum atomic E-state index is -0.476. The summed E-state index contributed by atoms with van der Waals surface area (Å²) >= 11 is 0. The monoisotopic (exact) mass is 333 g/mol. The Hall–Kier alpha value is -1.40. The maximum Gasteiger partial charge on any atom is 0.267 e. The normalized spacial score (nSPS) is 33.2. The zero-order valence-corrected chi connectivity index (χ0v) is 15.0. The first kappa shape index (κ1) is 16.1. The van der Waals surface area contributed by atoms with Crippen molar-refractivity contribution in [3.05, 3.63) is 17.0 Å². The molecule has 3 aliphatic rings. The minimum absolute atomic E-state index is 0.0803. The maximum absolute atomic E-state index is 11.9. The fourth-order valence-electron chi connectivity index (χ4n) is 5.78. The number of hydrogen-bond acceptors (Lipinski definition) is 4. The molecule has 1 amide bonds. The lowest BCUT2D eigenvalue weighted by Crippen LogP contribution is -2.61. The van der Waals surface area contributed by atoms with Gasteiger partial charge in [-0.15, -0.1) is 0 Å². The average Bonchev–Trinajstić information content (AvgIpc) is 3.09. The third kappa shape index (κ3) is 1.78. The van der Waals surface area contributed by atoms with Gasteiger partial charge >= 0.3 is 0 Å². The fourth-order valence-corrected chi connectivity index (χ4v) is 5.78. The van der Waals surface area contributed by atoms with E-state index in [1.807, 2.05) is 7.05 Å². The van der Waals surface area contributed by atoms with E-state index < -0.39 is 5.79 Å². The fraction of sp³-hybridized carbons (Fsp3) is 0.778. The Morgan fingerprint density at radius 2 is 1.92 bits per heavy atom. The van der Waals surface area contributed by atoms with Crippen LogP contribution in [0.4, 0.5) is 0 Å². The number of rotatable bonds is 1. The Morgan fingerprint density at radius 1 is 1.25 bits per heavy atom. The Labute approximate surface area is 142 Å². The molecular formula is C18H27N3O3. The van der Waals surface area contributed by atoms with Crippen LogP contribution in [0.25, 0.3) is 0 Å². The van der Waals surface area contributed by atoms with Gasteiger partial charge in [-0.05, 0) is 25.2 Å². The van der Waals surface area contributed by atoms with Crippen LogP contribution in [0.15, 0.2) is 0 Å². The van der Waals surface area contributed by atoms with Crippen molar-refractivity contribution in [2.24, 2.45) is 24.1 Å². The van der Waals surface area contributed by atoms with Crippen LogP contribution in [0.5, 0.6) is 0 Å². The number of primary amides is 1. The number of ether oxygens (including phenoxy) is 2. The van der Waals surface area contributed by atoms with E-state index in [2.05, 4.69) is 20.8 Å². The molecule has 6 heteroatoms. The van der Waals surface area contributed by atoms with Crippen molar-refractivity contribution < 1.29 is 14.3 Å². The summed E-state index contributed by atoms with van der Waals surface area (Å²) in [6, 6.07) is 0. The molecule has 2 fully saturated rings. The van der Waals surface area contributed by atoms with Crippen LogP contribution in [0.1, 0.15) is 61.8 Å². The van der Waals surface area contributed by atoms with Crippen molar-refractivity contribution in [3.63, 3.8) is 0 Å². The number of aromatic nitrogens is 2. The van der Waals surface area contributed by atoms with Gasteiger partial charge < -0.3 is 15.2 Å². The smallest absolute Gasteiger partial charge is 0.267 e. The van der Waals surface area contributed by atoms with Gasteiger partial charge in [-0.25, -0.2) is 0 Å². The number of carbonyl (C=O) groups is 1. The first-order valence-electron chi connectivity index (χ1n) is 8.87. The Bertz CT molecular complexity index is 703. The molecule has 1 aromatic heterocycles. The van der Waals surface area contributed by atoms with Crippen LogP contribution < -0.4 is 5.73 Å². The number of nitrogens with zero attached hydrogens (tertiary/aromatic N) is 2. The summed E-state index contributed by atoms with van der Waals surface area (Å²) in [5, 5.41) is 4.74. The first-order valence-corrected chi connectivity index (χ1v) is 8.87. The standard InChI is InChI=1S/C18H27N3O3/c1-16(2)12-6-5-11-13(15(19)22)21(4)20-14(11)17(12,3)7-8-18(16)23-9-10-24-18/h12H,5-10H2,1-4H3,(H2,19,22)/t12-,17?/m0/s1. The molecule has 2 aliphatic carbocycles. The van der Waals surface area contributed by atoms with Crippen LogP contribution in [-0.4, -0.2) is 34.7 Å². The van der Waals surface area contributed by atoms with Gasteiger partial charge in [-0.1, -0.05) is 20.8 Å². The molecule has 2 heterocycles. The lowest BCUT2D eigenvalue weighted by Gasteiger charge is -2.59. The molecule has 6 nitrogen and oxygen atoms in total. The number of nitrogens with two attached hydrogens (primary N) is 1. The highest BCUT2D eigenvalue weighted by Crippen LogP contribution is 2.62. The van der Waals surface area contributed by atoms with Crippen molar-refractivity contribution in [1.82, 2.24) is 9.78 Å². The molecule has 1 spiro atoms. The third-order valence-electron chi connectivity index (χ3n) is 6.95. The highest BCUT2D eigenvalue weighted by Gasteiger charge is 2.64. The number of hydrogen-bond donors (Lipinski definition) is 1. The molecule has 24 heavy (non-hydrogen) atoms. The summed E-state index contributed by atoms with van der Waals surface area (Å²) in [5.74, 6) is -0.474. The van der Waals surface area contributed by atoms with E-state index in [0.717, 1.165) is 36.9 Å². The minimum Gasteiger partial charge on any atom is -0.364 e. The maximum atomic E-state index is 11.9. The molecule has 1 aromatic rings. The summed E-state index contributed by atoms with van der Waals surface area (Å²) in [4.78, 5) is 11.9. The summed E-state index contributed by atoms with van der Waals surface area (Å²) in [5.41, 5.74) is 8.07.